The largest absolute Gasteiger partial charge is 0.573 e. The van der Waals surface area contributed by atoms with Crippen LogP contribution in [-0.4, -0.2) is 52.8 Å². The molecule has 2 aromatic carbocycles. The number of nitrogens with zero attached hydrogens (tertiary/aromatic N) is 1. The number of rotatable bonds is 4. The van der Waals surface area contributed by atoms with Crippen molar-refractivity contribution in [2.75, 3.05) is 26.2 Å². The van der Waals surface area contributed by atoms with Crippen LogP contribution >= 0.6 is 24.8 Å². The molecule has 11 heteroatoms. The van der Waals surface area contributed by atoms with Crippen molar-refractivity contribution in [3.63, 3.8) is 0 Å². The SMILES string of the molecule is Cl.Cl.Oc1cc(O)c([C@@H](c2ccc(OC(F)(F)F)cc2)N2CCNCC2)c(O)c1. The summed E-state index contributed by atoms with van der Waals surface area (Å²) in [4.78, 5) is 1.99. The minimum Gasteiger partial charge on any atom is -0.508 e. The van der Waals surface area contributed by atoms with Crippen LogP contribution in [0.2, 0.25) is 0 Å². The molecule has 1 heterocycles. The summed E-state index contributed by atoms with van der Waals surface area (Å²) in [6.45, 7) is 2.58. The van der Waals surface area contributed by atoms with Crippen LogP contribution in [0.5, 0.6) is 23.0 Å². The zero-order valence-electron chi connectivity index (χ0n) is 15.0. The number of hydrogen-bond acceptors (Lipinski definition) is 6. The molecule has 0 bridgehead atoms. The highest BCUT2D eigenvalue weighted by Gasteiger charge is 2.32. The van der Waals surface area contributed by atoms with Gasteiger partial charge in [0.2, 0.25) is 0 Å². The van der Waals surface area contributed by atoms with Crippen molar-refractivity contribution in [3.05, 3.63) is 47.5 Å². The highest BCUT2D eigenvalue weighted by Crippen LogP contribution is 2.42. The van der Waals surface area contributed by atoms with Crippen molar-refractivity contribution >= 4 is 24.8 Å². The van der Waals surface area contributed by atoms with Crippen molar-refractivity contribution < 1.29 is 33.2 Å². The third-order valence-electron chi connectivity index (χ3n) is 4.34. The van der Waals surface area contributed by atoms with Crippen LogP contribution in [0.15, 0.2) is 36.4 Å². The number of hydrogen-bond donors (Lipinski definition) is 4. The molecular formula is C18H21Cl2F3N2O4. The fraction of sp³-hybridized carbons (Fsp3) is 0.333. The van der Waals surface area contributed by atoms with E-state index in [1.807, 2.05) is 4.90 Å². The van der Waals surface area contributed by atoms with Crippen molar-refractivity contribution in [2.24, 2.45) is 0 Å². The minimum absolute atomic E-state index is 0. The van der Waals surface area contributed by atoms with E-state index in [-0.39, 0.29) is 53.4 Å². The molecule has 1 aliphatic heterocycles. The van der Waals surface area contributed by atoms with Crippen LogP contribution in [0.3, 0.4) is 0 Å². The van der Waals surface area contributed by atoms with E-state index in [4.69, 9.17) is 0 Å². The second-order valence-corrected chi connectivity index (χ2v) is 6.20. The molecule has 2 aromatic rings. The number of halogens is 5. The predicted octanol–water partition coefficient (Wildman–Crippen LogP) is 3.54. The second-order valence-electron chi connectivity index (χ2n) is 6.20. The first-order chi connectivity index (χ1) is 12.7. The maximum absolute atomic E-state index is 12.4. The lowest BCUT2D eigenvalue weighted by atomic mass is 9.94. The van der Waals surface area contributed by atoms with Gasteiger partial charge in [-0.1, -0.05) is 12.1 Å². The zero-order valence-corrected chi connectivity index (χ0v) is 16.7. The lowest BCUT2D eigenvalue weighted by Crippen LogP contribution is -2.45. The van der Waals surface area contributed by atoms with E-state index in [2.05, 4.69) is 10.1 Å². The van der Waals surface area contributed by atoms with E-state index in [1.54, 1.807) is 0 Å². The van der Waals surface area contributed by atoms with E-state index in [1.165, 1.54) is 24.3 Å². The summed E-state index contributed by atoms with van der Waals surface area (Å²) in [5.41, 5.74) is 0.752. The Morgan fingerprint density at radius 3 is 1.93 bits per heavy atom. The summed E-state index contributed by atoms with van der Waals surface area (Å²) in [6.07, 6.45) is -4.78. The fourth-order valence-corrected chi connectivity index (χ4v) is 3.24. The van der Waals surface area contributed by atoms with Crippen molar-refractivity contribution in [1.82, 2.24) is 10.2 Å². The number of aromatic hydroxyl groups is 3. The summed E-state index contributed by atoms with van der Waals surface area (Å²) in [5, 5.41) is 33.4. The van der Waals surface area contributed by atoms with E-state index < -0.39 is 12.4 Å². The summed E-state index contributed by atoms with van der Waals surface area (Å²) in [5.74, 6) is -1.25. The number of piperazine rings is 1. The van der Waals surface area contributed by atoms with Gasteiger partial charge in [-0.05, 0) is 17.7 Å². The number of phenols is 3. The van der Waals surface area contributed by atoms with Gasteiger partial charge in [-0.15, -0.1) is 38.0 Å². The van der Waals surface area contributed by atoms with Gasteiger partial charge in [-0.25, -0.2) is 0 Å². The normalized spacial score (nSPS) is 15.7. The van der Waals surface area contributed by atoms with E-state index in [0.717, 1.165) is 12.1 Å². The molecule has 1 aliphatic rings. The van der Waals surface area contributed by atoms with E-state index in [0.29, 0.717) is 31.7 Å². The molecule has 3 rings (SSSR count). The van der Waals surface area contributed by atoms with E-state index in [9.17, 15) is 28.5 Å². The Hall–Kier alpha value is -2.07. The Labute approximate surface area is 177 Å². The number of alkyl halides is 3. The molecular weight excluding hydrogens is 436 g/mol. The Morgan fingerprint density at radius 2 is 1.45 bits per heavy atom. The van der Waals surface area contributed by atoms with Gasteiger partial charge < -0.3 is 25.4 Å². The van der Waals surface area contributed by atoms with Gasteiger partial charge in [0, 0.05) is 38.3 Å². The molecule has 0 amide bonds. The van der Waals surface area contributed by atoms with Crippen LogP contribution < -0.4 is 10.1 Å². The molecule has 0 saturated carbocycles. The second kappa shape index (κ2) is 10.1. The Balaban J connectivity index is 0.00000210. The third kappa shape index (κ3) is 6.20. The molecule has 0 spiro atoms. The molecule has 0 aromatic heterocycles. The van der Waals surface area contributed by atoms with Gasteiger partial charge in [0.15, 0.2) is 0 Å². The maximum atomic E-state index is 12.4. The molecule has 1 atom stereocenters. The standard InChI is InChI=1S/C18H19F3N2O4.2ClH/c19-18(20,21)27-13-3-1-11(2-4-13)17(23-7-5-22-6-8-23)16-14(25)9-12(24)10-15(16)26;;/h1-4,9-10,17,22,24-26H,5-8H2;2*1H/t17-;;/m1../s1. The summed E-state index contributed by atoms with van der Waals surface area (Å²) >= 11 is 0. The lowest BCUT2D eigenvalue weighted by Gasteiger charge is -2.36. The first-order valence-corrected chi connectivity index (χ1v) is 8.30. The average molecular weight is 457 g/mol. The topological polar surface area (TPSA) is 85.2 Å². The van der Waals surface area contributed by atoms with Crippen LogP contribution in [0, 0.1) is 0 Å². The molecule has 162 valence electrons. The van der Waals surface area contributed by atoms with E-state index >= 15 is 0 Å². The molecule has 0 unspecified atom stereocenters. The lowest BCUT2D eigenvalue weighted by molar-refractivity contribution is -0.274. The maximum Gasteiger partial charge on any atom is 0.573 e. The number of nitrogens with one attached hydrogen (secondary N) is 1. The fourth-order valence-electron chi connectivity index (χ4n) is 3.24. The minimum atomic E-state index is -4.78. The van der Waals surface area contributed by atoms with Gasteiger partial charge >= 0.3 is 6.36 Å². The van der Waals surface area contributed by atoms with Crippen LogP contribution in [0.4, 0.5) is 13.2 Å². The molecule has 6 nitrogen and oxygen atoms in total. The molecule has 1 saturated heterocycles. The van der Waals surface area contributed by atoms with Crippen molar-refractivity contribution in [1.29, 1.82) is 0 Å². The van der Waals surface area contributed by atoms with Crippen LogP contribution in [0.25, 0.3) is 0 Å². The van der Waals surface area contributed by atoms with Gasteiger partial charge in [-0.3, -0.25) is 4.90 Å². The Morgan fingerprint density at radius 1 is 0.931 bits per heavy atom. The van der Waals surface area contributed by atoms with Crippen molar-refractivity contribution in [3.8, 4) is 23.0 Å². The Kier molecular flexibility index (Phi) is 8.70. The quantitative estimate of drug-likeness (QED) is 0.562. The van der Waals surface area contributed by atoms with Crippen LogP contribution in [-0.2, 0) is 0 Å². The first-order valence-electron chi connectivity index (χ1n) is 8.30. The molecule has 0 aliphatic carbocycles. The molecule has 0 radical (unpaired) electrons. The number of ether oxygens (including phenoxy) is 1. The van der Waals surface area contributed by atoms with Crippen molar-refractivity contribution in [2.45, 2.75) is 12.4 Å². The average Bonchev–Trinajstić information content (AvgIpc) is 2.58. The molecule has 4 N–H and O–H groups in total. The summed E-state index contributed by atoms with van der Waals surface area (Å²) < 4.78 is 41.0. The Bertz CT molecular complexity index is 778. The highest BCUT2D eigenvalue weighted by molar-refractivity contribution is 5.85. The van der Waals surface area contributed by atoms with Gasteiger partial charge in [0.25, 0.3) is 0 Å². The van der Waals surface area contributed by atoms with Gasteiger partial charge in [0.1, 0.15) is 23.0 Å². The van der Waals surface area contributed by atoms with Gasteiger partial charge in [-0.2, -0.15) is 0 Å². The van der Waals surface area contributed by atoms with Gasteiger partial charge in [0.05, 0.1) is 11.6 Å². The summed E-state index contributed by atoms with van der Waals surface area (Å²) in [6, 6.07) is 6.92. The molecule has 29 heavy (non-hydrogen) atoms. The number of benzene rings is 2. The number of phenolic OH excluding ortho intramolecular Hbond substituents is 3. The smallest absolute Gasteiger partial charge is 0.508 e. The summed E-state index contributed by atoms with van der Waals surface area (Å²) in [7, 11) is 0. The monoisotopic (exact) mass is 456 g/mol. The highest BCUT2D eigenvalue weighted by atomic mass is 35.5. The zero-order chi connectivity index (χ0) is 19.6. The third-order valence-corrected chi connectivity index (χ3v) is 4.34. The first kappa shape index (κ1) is 25.0. The van der Waals surface area contributed by atoms with Crippen LogP contribution in [0.1, 0.15) is 17.2 Å². The predicted molar refractivity (Wildman–Crippen MR) is 105 cm³/mol. The molecule has 1 fully saturated rings.